The normalized spacial score (nSPS) is 19.5. The van der Waals surface area contributed by atoms with Crippen molar-refractivity contribution in [3.05, 3.63) is 29.8 Å². The molecule has 1 unspecified atom stereocenters. The van der Waals surface area contributed by atoms with Crippen LogP contribution in [0.4, 0.5) is 10.5 Å². The molecule has 2 rings (SSSR count). The lowest BCUT2D eigenvalue weighted by Gasteiger charge is -2.23. The number of rotatable bonds is 3. The summed E-state index contributed by atoms with van der Waals surface area (Å²) in [5.74, 6) is 0. The Morgan fingerprint density at radius 1 is 1.45 bits per heavy atom. The van der Waals surface area contributed by atoms with Crippen LogP contribution in [0.5, 0.6) is 0 Å². The third-order valence-corrected chi connectivity index (χ3v) is 3.53. The lowest BCUT2D eigenvalue weighted by molar-refractivity contribution is 0.0561. The van der Waals surface area contributed by atoms with Gasteiger partial charge in [0.05, 0.1) is 6.10 Å². The number of urea groups is 1. The highest BCUT2D eigenvalue weighted by molar-refractivity contribution is 5.89. The van der Waals surface area contributed by atoms with Crippen LogP contribution in [0.2, 0.25) is 0 Å². The first-order valence-corrected chi connectivity index (χ1v) is 7.19. The van der Waals surface area contributed by atoms with Crippen LogP contribution in [-0.4, -0.2) is 36.7 Å². The van der Waals surface area contributed by atoms with Crippen molar-refractivity contribution in [3.63, 3.8) is 0 Å². The summed E-state index contributed by atoms with van der Waals surface area (Å²) in [6.07, 6.45) is 1.95. The van der Waals surface area contributed by atoms with Crippen molar-refractivity contribution >= 4 is 11.7 Å². The largest absolute Gasteiger partial charge is 0.376 e. The first kappa shape index (κ1) is 14.8. The summed E-state index contributed by atoms with van der Waals surface area (Å²) in [7, 11) is 0. The smallest absolute Gasteiger partial charge is 0.321 e. The third-order valence-electron chi connectivity index (χ3n) is 3.53. The van der Waals surface area contributed by atoms with Crippen LogP contribution in [0.15, 0.2) is 24.3 Å². The minimum Gasteiger partial charge on any atom is -0.376 e. The first-order valence-electron chi connectivity index (χ1n) is 7.19. The highest BCUT2D eigenvalue weighted by atomic mass is 16.5. The number of carbonyl (C=O) groups excluding carboxylic acids is 1. The van der Waals surface area contributed by atoms with Gasteiger partial charge in [-0.05, 0) is 30.5 Å². The molecule has 1 aliphatic rings. The summed E-state index contributed by atoms with van der Waals surface area (Å²) >= 11 is 0. The number of nitrogens with one attached hydrogen (secondary N) is 1. The van der Waals surface area contributed by atoms with Crippen molar-refractivity contribution in [2.45, 2.75) is 32.4 Å². The summed E-state index contributed by atoms with van der Waals surface area (Å²) in [6.45, 7) is 4.72. The molecule has 0 aromatic heterocycles. The molecule has 0 saturated carbocycles. The zero-order chi connectivity index (χ0) is 14.4. The SMILES string of the molecule is CCC1CN(C(=O)Nc2ccc(CN)cc2)CCCO1. The van der Waals surface area contributed by atoms with Gasteiger partial charge < -0.3 is 20.7 Å². The molecule has 1 saturated heterocycles. The molecule has 20 heavy (non-hydrogen) atoms. The van der Waals surface area contributed by atoms with Crippen molar-refractivity contribution in [1.29, 1.82) is 0 Å². The molecular weight excluding hydrogens is 254 g/mol. The molecule has 0 spiro atoms. The summed E-state index contributed by atoms with van der Waals surface area (Å²) in [5.41, 5.74) is 7.41. The molecule has 0 bridgehead atoms. The van der Waals surface area contributed by atoms with E-state index in [9.17, 15) is 4.79 Å². The molecular formula is C15H23N3O2. The van der Waals surface area contributed by atoms with E-state index in [1.165, 1.54) is 0 Å². The van der Waals surface area contributed by atoms with Gasteiger partial charge in [0, 0.05) is 31.9 Å². The van der Waals surface area contributed by atoms with E-state index in [0.29, 0.717) is 13.1 Å². The minimum atomic E-state index is -0.0607. The zero-order valence-corrected chi connectivity index (χ0v) is 12.0. The molecule has 1 heterocycles. The Morgan fingerprint density at radius 2 is 2.20 bits per heavy atom. The van der Waals surface area contributed by atoms with Crippen LogP contribution < -0.4 is 11.1 Å². The van der Waals surface area contributed by atoms with Gasteiger partial charge in [0.2, 0.25) is 0 Å². The standard InChI is InChI=1S/C15H23N3O2/c1-2-14-11-18(8-3-9-20-14)15(19)17-13-6-4-12(10-16)5-7-13/h4-7,14H,2-3,8-11,16H2,1H3,(H,17,19). The number of carbonyl (C=O) groups is 1. The predicted octanol–water partition coefficient (Wildman–Crippen LogP) is 2.18. The summed E-state index contributed by atoms with van der Waals surface area (Å²) in [4.78, 5) is 14.1. The van der Waals surface area contributed by atoms with Crippen molar-refractivity contribution in [2.24, 2.45) is 5.73 Å². The van der Waals surface area contributed by atoms with Crippen molar-refractivity contribution < 1.29 is 9.53 Å². The van der Waals surface area contributed by atoms with Crippen molar-refractivity contribution in [3.8, 4) is 0 Å². The van der Waals surface area contributed by atoms with E-state index in [1.54, 1.807) is 0 Å². The van der Waals surface area contributed by atoms with Gasteiger partial charge in [-0.3, -0.25) is 0 Å². The molecule has 1 aromatic rings. The molecule has 1 aliphatic heterocycles. The number of benzene rings is 1. The Kier molecular flexibility index (Phi) is 5.38. The lowest BCUT2D eigenvalue weighted by atomic mass is 10.2. The van der Waals surface area contributed by atoms with Crippen LogP contribution in [0.3, 0.4) is 0 Å². The number of hydrogen-bond acceptors (Lipinski definition) is 3. The maximum atomic E-state index is 12.3. The highest BCUT2D eigenvalue weighted by Gasteiger charge is 2.21. The maximum absolute atomic E-state index is 12.3. The lowest BCUT2D eigenvalue weighted by Crippen LogP contribution is -2.39. The van der Waals surface area contributed by atoms with E-state index < -0.39 is 0 Å². The van der Waals surface area contributed by atoms with Gasteiger partial charge in [-0.25, -0.2) is 4.79 Å². The number of hydrogen-bond donors (Lipinski definition) is 2. The molecule has 1 atom stereocenters. The molecule has 1 aromatic carbocycles. The fraction of sp³-hybridized carbons (Fsp3) is 0.533. The topological polar surface area (TPSA) is 67.6 Å². The minimum absolute atomic E-state index is 0.0607. The zero-order valence-electron chi connectivity index (χ0n) is 12.0. The van der Waals surface area contributed by atoms with Crippen LogP contribution >= 0.6 is 0 Å². The third kappa shape index (κ3) is 3.95. The van der Waals surface area contributed by atoms with E-state index in [2.05, 4.69) is 12.2 Å². The molecule has 0 aliphatic carbocycles. The molecule has 5 nitrogen and oxygen atoms in total. The van der Waals surface area contributed by atoms with Crippen molar-refractivity contribution in [1.82, 2.24) is 4.90 Å². The monoisotopic (exact) mass is 277 g/mol. The average molecular weight is 277 g/mol. The Labute approximate surface area is 120 Å². The van der Waals surface area contributed by atoms with Crippen LogP contribution in [-0.2, 0) is 11.3 Å². The summed E-state index contributed by atoms with van der Waals surface area (Å²) in [5, 5.41) is 2.93. The number of amides is 2. The van der Waals surface area contributed by atoms with Crippen molar-refractivity contribution in [2.75, 3.05) is 25.0 Å². The molecule has 2 amide bonds. The Hall–Kier alpha value is -1.59. The first-order chi connectivity index (χ1) is 9.72. The Balaban J connectivity index is 1.95. The Morgan fingerprint density at radius 3 is 2.85 bits per heavy atom. The van der Waals surface area contributed by atoms with Gasteiger partial charge >= 0.3 is 6.03 Å². The van der Waals surface area contributed by atoms with Gasteiger partial charge in [0.15, 0.2) is 0 Å². The number of nitrogens with zero attached hydrogens (tertiary/aromatic N) is 1. The second-order valence-corrected chi connectivity index (χ2v) is 5.03. The molecule has 5 heteroatoms. The quantitative estimate of drug-likeness (QED) is 0.890. The maximum Gasteiger partial charge on any atom is 0.321 e. The second kappa shape index (κ2) is 7.26. The summed E-state index contributed by atoms with van der Waals surface area (Å²) in [6, 6.07) is 7.55. The molecule has 110 valence electrons. The van der Waals surface area contributed by atoms with Gasteiger partial charge in [-0.1, -0.05) is 19.1 Å². The molecule has 1 fully saturated rings. The average Bonchev–Trinajstić information content (AvgIpc) is 2.73. The number of ether oxygens (including phenoxy) is 1. The van der Waals surface area contributed by atoms with Gasteiger partial charge in [0.1, 0.15) is 0 Å². The van der Waals surface area contributed by atoms with Gasteiger partial charge in [-0.2, -0.15) is 0 Å². The molecule has 3 N–H and O–H groups in total. The highest BCUT2D eigenvalue weighted by Crippen LogP contribution is 2.13. The van der Waals surface area contributed by atoms with E-state index in [-0.39, 0.29) is 12.1 Å². The van der Waals surface area contributed by atoms with Gasteiger partial charge in [-0.15, -0.1) is 0 Å². The van der Waals surface area contributed by atoms with E-state index in [4.69, 9.17) is 10.5 Å². The Bertz CT molecular complexity index is 433. The van der Waals surface area contributed by atoms with E-state index in [1.807, 2.05) is 29.2 Å². The number of anilines is 1. The fourth-order valence-corrected chi connectivity index (χ4v) is 2.25. The summed E-state index contributed by atoms with van der Waals surface area (Å²) < 4.78 is 5.68. The number of nitrogens with two attached hydrogens (primary N) is 1. The van der Waals surface area contributed by atoms with E-state index in [0.717, 1.165) is 37.2 Å². The van der Waals surface area contributed by atoms with Crippen LogP contribution in [0, 0.1) is 0 Å². The second-order valence-electron chi connectivity index (χ2n) is 5.03. The van der Waals surface area contributed by atoms with Gasteiger partial charge in [0.25, 0.3) is 0 Å². The fourth-order valence-electron chi connectivity index (χ4n) is 2.25. The van der Waals surface area contributed by atoms with Crippen LogP contribution in [0.25, 0.3) is 0 Å². The van der Waals surface area contributed by atoms with E-state index >= 15 is 0 Å². The van der Waals surface area contributed by atoms with Crippen LogP contribution in [0.1, 0.15) is 25.3 Å². The predicted molar refractivity (Wildman–Crippen MR) is 79.6 cm³/mol. The molecule has 0 radical (unpaired) electrons.